The maximum absolute atomic E-state index is 12.4. The summed E-state index contributed by atoms with van der Waals surface area (Å²) in [5, 5.41) is 1.74. The maximum atomic E-state index is 12.4. The molecule has 0 aliphatic carbocycles. The zero-order chi connectivity index (χ0) is 26.1. The van der Waals surface area contributed by atoms with Gasteiger partial charge in [-0.15, -0.1) is 0 Å². The van der Waals surface area contributed by atoms with Gasteiger partial charge in [0.25, 0.3) is 0 Å². The number of fused-ring (bicyclic) bond motifs is 3. The molecular weight excluding hydrogens is 468 g/mol. The summed E-state index contributed by atoms with van der Waals surface area (Å²) in [4.78, 5) is 12.4. The van der Waals surface area contributed by atoms with Crippen LogP contribution in [0.5, 0.6) is 5.75 Å². The van der Waals surface area contributed by atoms with Crippen LogP contribution in [0.2, 0.25) is 0 Å². The minimum absolute atomic E-state index is 0.438. The molecule has 2 N–H and O–H groups in total. The van der Waals surface area contributed by atoms with E-state index in [1.807, 2.05) is 42.5 Å². The van der Waals surface area contributed by atoms with E-state index in [0.29, 0.717) is 12.1 Å². The molecule has 1 amide bonds. The Hall–Kier alpha value is -4.83. The van der Waals surface area contributed by atoms with Gasteiger partial charge < -0.3 is 15.0 Å². The molecule has 0 unspecified atom stereocenters. The number of nitrogens with two attached hydrogens (primary N) is 1. The van der Waals surface area contributed by atoms with Gasteiger partial charge in [0.05, 0.1) is 18.1 Å². The summed E-state index contributed by atoms with van der Waals surface area (Å²) in [6, 6.07) is 40.5. The first-order valence-corrected chi connectivity index (χ1v) is 12.6. The Balaban J connectivity index is 1.53. The average molecular weight is 496 g/mol. The lowest BCUT2D eigenvalue weighted by Gasteiger charge is -2.14. The number of rotatable bonds is 7. The normalized spacial score (nSPS) is 11.2. The average Bonchev–Trinajstić information content (AvgIpc) is 3.27. The quantitative estimate of drug-likeness (QED) is 0.259. The lowest BCUT2D eigenvalue weighted by molar-refractivity contribution is 0.100. The van der Waals surface area contributed by atoms with Crippen LogP contribution in [0.1, 0.15) is 27.0 Å². The molecular formula is C34H27N2O2. The summed E-state index contributed by atoms with van der Waals surface area (Å²) in [6.45, 7) is 0.658. The maximum Gasteiger partial charge on any atom is 0.249 e. The Morgan fingerprint density at radius 2 is 1.55 bits per heavy atom. The third-order valence-corrected chi connectivity index (χ3v) is 7.17. The Kier molecular flexibility index (Phi) is 6.14. The molecule has 0 saturated carbocycles. The fourth-order valence-electron chi connectivity index (χ4n) is 5.25. The van der Waals surface area contributed by atoms with Crippen molar-refractivity contribution in [2.45, 2.75) is 13.0 Å². The fraction of sp³-hybridized carbons (Fsp3) is 0.0882. The van der Waals surface area contributed by atoms with Crippen LogP contribution in [-0.4, -0.2) is 17.6 Å². The second-order valence-electron chi connectivity index (χ2n) is 9.46. The van der Waals surface area contributed by atoms with Gasteiger partial charge in [-0.3, -0.25) is 4.79 Å². The highest BCUT2D eigenvalue weighted by molar-refractivity contribution is 6.18. The molecule has 1 aromatic heterocycles. The largest absolute Gasteiger partial charge is 0.497 e. The summed E-state index contributed by atoms with van der Waals surface area (Å²) in [6.07, 6.45) is 0.851. The summed E-state index contributed by atoms with van der Waals surface area (Å²) in [5.74, 6) is 0.376. The van der Waals surface area contributed by atoms with E-state index in [9.17, 15) is 4.79 Å². The van der Waals surface area contributed by atoms with E-state index in [0.717, 1.165) is 45.1 Å². The fourth-order valence-corrected chi connectivity index (χ4v) is 5.25. The predicted molar refractivity (Wildman–Crippen MR) is 154 cm³/mol. The van der Waals surface area contributed by atoms with Gasteiger partial charge in [0.1, 0.15) is 5.75 Å². The van der Waals surface area contributed by atoms with Gasteiger partial charge in [0, 0.05) is 22.9 Å². The molecule has 0 atom stereocenters. The van der Waals surface area contributed by atoms with Gasteiger partial charge in [-0.1, -0.05) is 72.8 Å². The molecule has 4 heteroatoms. The number of ether oxygens (including phenoxy) is 1. The van der Waals surface area contributed by atoms with Crippen LogP contribution in [0.25, 0.3) is 32.9 Å². The number of benzene rings is 5. The topological polar surface area (TPSA) is 57.2 Å². The summed E-state index contributed by atoms with van der Waals surface area (Å²) < 4.78 is 7.62. The second kappa shape index (κ2) is 9.91. The first-order valence-electron chi connectivity index (χ1n) is 12.6. The molecule has 6 aromatic rings. The minimum Gasteiger partial charge on any atom is -0.497 e. The molecule has 0 spiro atoms. The standard InChI is InChI=1S/C34H27N2O2/c1-38-28-17-14-24(15-18-28)26-16-19-29-32(21-26)36(31-13-7-12-30(33(29)31)34(35)37)22-27-11-6-5-10-25(27)20-23-8-3-2-4-9-23/h2-18,21H,20,22H2,1H3,(H2,35,37). The Labute approximate surface area is 221 Å². The summed E-state index contributed by atoms with van der Waals surface area (Å²) in [7, 11) is 1.67. The summed E-state index contributed by atoms with van der Waals surface area (Å²) >= 11 is 0. The smallest absolute Gasteiger partial charge is 0.249 e. The highest BCUT2D eigenvalue weighted by Crippen LogP contribution is 2.35. The van der Waals surface area contributed by atoms with Crippen molar-refractivity contribution in [3.63, 3.8) is 0 Å². The Bertz CT molecular complexity index is 1770. The number of carbonyl (C=O) groups excluding carboxylic acids is 1. The van der Waals surface area contributed by atoms with Crippen LogP contribution in [0.3, 0.4) is 0 Å². The lowest BCUT2D eigenvalue weighted by Crippen LogP contribution is -2.11. The van der Waals surface area contributed by atoms with Crippen molar-refractivity contribution >= 4 is 27.7 Å². The van der Waals surface area contributed by atoms with Crippen molar-refractivity contribution in [2.24, 2.45) is 5.73 Å². The molecule has 0 aliphatic heterocycles. The van der Waals surface area contributed by atoms with Crippen LogP contribution in [-0.2, 0) is 13.0 Å². The highest BCUT2D eigenvalue weighted by Gasteiger charge is 2.18. The lowest BCUT2D eigenvalue weighted by atomic mass is 9.99. The van der Waals surface area contributed by atoms with Crippen molar-refractivity contribution < 1.29 is 9.53 Å². The number of aromatic nitrogens is 1. The number of nitrogens with zero attached hydrogens (tertiary/aromatic N) is 1. The van der Waals surface area contributed by atoms with Gasteiger partial charge >= 0.3 is 0 Å². The SMILES string of the molecule is COc1ccc(-c2c[c]c3c4c(C(N)=O)cccc4n(Cc4ccccc4Cc4ccccc4)c3c2)cc1. The van der Waals surface area contributed by atoms with Crippen molar-refractivity contribution in [3.05, 3.63) is 138 Å². The van der Waals surface area contributed by atoms with E-state index in [1.54, 1.807) is 13.2 Å². The Morgan fingerprint density at radius 3 is 2.29 bits per heavy atom. The first-order chi connectivity index (χ1) is 18.6. The van der Waals surface area contributed by atoms with Gasteiger partial charge in [0.15, 0.2) is 0 Å². The van der Waals surface area contributed by atoms with Gasteiger partial charge in [-0.05, 0) is 76.7 Å². The number of primary amides is 1. The number of carbonyl (C=O) groups is 1. The van der Waals surface area contributed by atoms with Crippen molar-refractivity contribution in [1.29, 1.82) is 0 Å². The molecule has 1 radical (unpaired) electrons. The zero-order valence-electron chi connectivity index (χ0n) is 21.1. The second-order valence-corrected chi connectivity index (χ2v) is 9.46. The minimum atomic E-state index is -0.438. The molecule has 1 heterocycles. The van der Waals surface area contributed by atoms with E-state index >= 15 is 0 Å². The van der Waals surface area contributed by atoms with Gasteiger partial charge in [-0.2, -0.15) is 0 Å². The van der Waals surface area contributed by atoms with E-state index < -0.39 is 5.91 Å². The zero-order valence-corrected chi connectivity index (χ0v) is 21.1. The van der Waals surface area contributed by atoms with E-state index in [2.05, 4.69) is 71.3 Å². The molecule has 0 saturated heterocycles. The van der Waals surface area contributed by atoms with Gasteiger partial charge in [0.2, 0.25) is 5.91 Å². The molecule has 5 aromatic carbocycles. The molecule has 185 valence electrons. The number of methoxy groups -OCH3 is 1. The molecule has 4 nitrogen and oxygen atoms in total. The van der Waals surface area contributed by atoms with Crippen LogP contribution < -0.4 is 10.5 Å². The van der Waals surface area contributed by atoms with Crippen molar-refractivity contribution in [2.75, 3.05) is 7.11 Å². The Morgan fingerprint density at radius 1 is 0.816 bits per heavy atom. The molecule has 38 heavy (non-hydrogen) atoms. The van der Waals surface area contributed by atoms with E-state index in [1.165, 1.54) is 16.7 Å². The number of amides is 1. The van der Waals surface area contributed by atoms with Crippen LogP contribution >= 0.6 is 0 Å². The monoisotopic (exact) mass is 495 g/mol. The molecule has 0 bridgehead atoms. The van der Waals surface area contributed by atoms with Gasteiger partial charge in [-0.25, -0.2) is 0 Å². The third-order valence-electron chi connectivity index (χ3n) is 7.17. The van der Waals surface area contributed by atoms with Crippen molar-refractivity contribution in [1.82, 2.24) is 4.57 Å². The van der Waals surface area contributed by atoms with Crippen LogP contribution in [0, 0.1) is 6.07 Å². The third kappa shape index (κ3) is 4.31. The van der Waals surface area contributed by atoms with Crippen molar-refractivity contribution in [3.8, 4) is 16.9 Å². The molecule has 0 fully saturated rings. The van der Waals surface area contributed by atoms with E-state index in [-0.39, 0.29) is 0 Å². The summed E-state index contributed by atoms with van der Waals surface area (Å²) in [5.41, 5.74) is 14.2. The number of hydrogen-bond donors (Lipinski definition) is 1. The predicted octanol–water partition coefficient (Wildman–Crippen LogP) is 7.01. The first kappa shape index (κ1) is 23.6. The molecule has 6 rings (SSSR count). The van der Waals surface area contributed by atoms with Crippen LogP contribution in [0.15, 0.2) is 109 Å². The number of hydrogen-bond acceptors (Lipinski definition) is 2. The highest BCUT2D eigenvalue weighted by atomic mass is 16.5. The van der Waals surface area contributed by atoms with E-state index in [4.69, 9.17) is 10.5 Å². The molecule has 0 aliphatic rings. The van der Waals surface area contributed by atoms with Crippen LogP contribution in [0.4, 0.5) is 0 Å².